The molecule has 0 amide bonds. The quantitative estimate of drug-likeness (QED) is 0.622. The topological polar surface area (TPSA) is 33.6 Å². The van der Waals surface area contributed by atoms with Crippen molar-refractivity contribution in [2.75, 3.05) is 0 Å². The predicted molar refractivity (Wildman–Crippen MR) is 97.7 cm³/mol. The Morgan fingerprint density at radius 2 is 1.96 bits per heavy atom. The van der Waals surface area contributed by atoms with E-state index in [1.165, 1.54) is 11.1 Å². The first-order chi connectivity index (χ1) is 11.1. The minimum Gasteiger partial charge on any atom is -0.271 e. The zero-order valence-electron chi connectivity index (χ0n) is 12.7. The molecule has 1 saturated carbocycles. The maximum absolute atomic E-state index is 5.47. The third-order valence-corrected chi connectivity index (χ3v) is 5.30. The van der Waals surface area contributed by atoms with E-state index >= 15 is 0 Å². The number of nitrogens with zero attached hydrogens (tertiary/aromatic N) is 2. The van der Waals surface area contributed by atoms with E-state index < -0.39 is 0 Å². The number of aromatic nitrogens is 3. The molecule has 0 bridgehead atoms. The summed E-state index contributed by atoms with van der Waals surface area (Å²) in [4.78, 5) is 0. The molecule has 2 aromatic carbocycles. The number of hydrogen-bond donors (Lipinski definition) is 1. The summed E-state index contributed by atoms with van der Waals surface area (Å²) >= 11 is 9.13. The molecule has 4 rings (SSSR count). The van der Waals surface area contributed by atoms with Gasteiger partial charge >= 0.3 is 0 Å². The van der Waals surface area contributed by atoms with Gasteiger partial charge in [0.05, 0.1) is 5.69 Å². The number of aromatic amines is 1. The van der Waals surface area contributed by atoms with Gasteiger partial charge in [-0.25, -0.2) is 0 Å². The van der Waals surface area contributed by atoms with Gasteiger partial charge in [0.25, 0.3) is 0 Å². The van der Waals surface area contributed by atoms with Gasteiger partial charge in [-0.05, 0) is 70.7 Å². The highest BCUT2D eigenvalue weighted by atomic mass is 79.9. The predicted octanol–water partition coefficient (Wildman–Crippen LogP) is 5.27. The first kappa shape index (κ1) is 14.8. The van der Waals surface area contributed by atoms with Crippen molar-refractivity contribution in [1.82, 2.24) is 14.8 Å². The van der Waals surface area contributed by atoms with Gasteiger partial charge < -0.3 is 0 Å². The number of nitrogens with one attached hydrogen (secondary N) is 1. The Kier molecular flexibility index (Phi) is 3.70. The Hall–Kier alpha value is -1.72. The van der Waals surface area contributed by atoms with Crippen LogP contribution in [0.4, 0.5) is 0 Å². The number of halogens is 1. The Morgan fingerprint density at radius 3 is 2.70 bits per heavy atom. The molecular formula is C18H16BrN3S. The molecular weight excluding hydrogens is 370 g/mol. The molecule has 1 aliphatic carbocycles. The maximum atomic E-state index is 5.47. The number of aryl methyl sites for hydroxylation is 1. The normalized spacial score (nSPS) is 19.7. The highest BCUT2D eigenvalue weighted by Crippen LogP contribution is 2.54. The molecule has 3 aromatic rings. The molecule has 0 radical (unpaired) electrons. The lowest BCUT2D eigenvalue weighted by atomic mass is 10.1. The van der Waals surface area contributed by atoms with Crippen molar-refractivity contribution in [2.45, 2.75) is 25.2 Å². The summed E-state index contributed by atoms with van der Waals surface area (Å²) < 4.78 is 3.74. The van der Waals surface area contributed by atoms with Crippen LogP contribution in [0, 0.1) is 11.7 Å². The van der Waals surface area contributed by atoms with Gasteiger partial charge in [0.2, 0.25) is 0 Å². The molecule has 1 aliphatic rings. The fourth-order valence-electron chi connectivity index (χ4n) is 3.13. The van der Waals surface area contributed by atoms with Crippen LogP contribution in [0.5, 0.6) is 0 Å². The second-order valence-corrected chi connectivity index (χ2v) is 7.28. The average molecular weight is 386 g/mol. The lowest BCUT2D eigenvalue weighted by Crippen LogP contribution is -2.02. The molecule has 1 N–H and O–H groups in total. The molecule has 3 nitrogen and oxygen atoms in total. The molecule has 0 aliphatic heterocycles. The van der Waals surface area contributed by atoms with Gasteiger partial charge in [0.15, 0.2) is 4.77 Å². The first-order valence-corrected chi connectivity index (χ1v) is 8.84. The van der Waals surface area contributed by atoms with Crippen LogP contribution >= 0.6 is 28.1 Å². The van der Waals surface area contributed by atoms with Crippen LogP contribution in [-0.2, 0) is 0 Å². The van der Waals surface area contributed by atoms with Gasteiger partial charge in [-0.1, -0.05) is 36.4 Å². The number of benzene rings is 2. The van der Waals surface area contributed by atoms with Crippen molar-refractivity contribution in [3.63, 3.8) is 0 Å². The summed E-state index contributed by atoms with van der Waals surface area (Å²) in [7, 11) is 0. The lowest BCUT2D eigenvalue weighted by molar-refractivity contribution is 0.844. The van der Waals surface area contributed by atoms with E-state index in [1.54, 1.807) is 0 Å². The van der Waals surface area contributed by atoms with E-state index in [2.05, 4.69) is 86.1 Å². The van der Waals surface area contributed by atoms with Crippen LogP contribution in [0.15, 0.2) is 53.0 Å². The van der Waals surface area contributed by atoms with Crippen LogP contribution in [0.1, 0.15) is 35.2 Å². The Morgan fingerprint density at radius 1 is 1.17 bits per heavy atom. The highest BCUT2D eigenvalue weighted by molar-refractivity contribution is 9.10. The molecule has 0 unspecified atom stereocenters. The van der Waals surface area contributed by atoms with Gasteiger partial charge in [-0.3, -0.25) is 9.67 Å². The van der Waals surface area contributed by atoms with Crippen molar-refractivity contribution in [3.05, 3.63) is 74.7 Å². The second-order valence-electron chi connectivity index (χ2n) is 6.04. The van der Waals surface area contributed by atoms with Gasteiger partial charge in [0, 0.05) is 10.4 Å². The Labute approximate surface area is 148 Å². The van der Waals surface area contributed by atoms with E-state index in [9.17, 15) is 0 Å². The Balaban J connectivity index is 1.74. The van der Waals surface area contributed by atoms with Crippen LogP contribution in [-0.4, -0.2) is 14.8 Å². The summed E-state index contributed by atoms with van der Waals surface area (Å²) in [5.74, 6) is 1.97. The van der Waals surface area contributed by atoms with Gasteiger partial charge in [-0.2, -0.15) is 5.10 Å². The summed E-state index contributed by atoms with van der Waals surface area (Å²) in [6, 6.07) is 16.9. The summed E-state index contributed by atoms with van der Waals surface area (Å²) in [5.41, 5.74) is 3.63. The van der Waals surface area contributed by atoms with E-state index in [-0.39, 0.29) is 0 Å². The average Bonchev–Trinajstić information content (AvgIpc) is 3.26. The first-order valence-electron chi connectivity index (χ1n) is 7.64. The molecule has 5 heteroatoms. The minimum absolute atomic E-state index is 0.415. The summed E-state index contributed by atoms with van der Waals surface area (Å²) in [5, 5.41) is 7.48. The van der Waals surface area contributed by atoms with Crippen molar-refractivity contribution in [3.8, 4) is 5.69 Å². The molecule has 1 fully saturated rings. The van der Waals surface area contributed by atoms with Crippen molar-refractivity contribution < 1.29 is 0 Å². The molecule has 23 heavy (non-hydrogen) atoms. The minimum atomic E-state index is 0.415. The van der Waals surface area contributed by atoms with Crippen LogP contribution < -0.4 is 0 Å². The van der Waals surface area contributed by atoms with Crippen LogP contribution in [0.25, 0.3) is 5.69 Å². The molecule has 1 aromatic heterocycles. The van der Waals surface area contributed by atoms with E-state index in [4.69, 9.17) is 12.2 Å². The van der Waals surface area contributed by atoms with E-state index in [0.717, 1.165) is 22.4 Å². The Bertz CT molecular complexity index is 914. The summed E-state index contributed by atoms with van der Waals surface area (Å²) in [6.45, 7) is 2.08. The standard InChI is InChI=1S/C18H16BrN3S/c1-11-7-8-16(15(19)9-11)22-17(20-21-18(22)23)14-10-13(14)12-5-3-2-4-6-12/h2-9,13-14H,10H2,1H3,(H,21,23)/t13-,14+/m1/s1. The molecule has 0 spiro atoms. The maximum Gasteiger partial charge on any atom is 0.199 e. The van der Waals surface area contributed by atoms with E-state index in [1.807, 2.05) is 0 Å². The molecule has 0 saturated heterocycles. The second kappa shape index (κ2) is 5.73. The van der Waals surface area contributed by atoms with Crippen LogP contribution in [0.2, 0.25) is 0 Å². The van der Waals surface area contributed by atoms with Gasteiger partial charge in [0.1, 0.15) is 5.82 Å². The molecule has 116 valence electrons. The smallest absolute Gasteiger partial charge is 0.199 e. The monoisotopic (exact) mass is 385 g/mol. The number of H-pyrrole nitrogens is 1. The third kappa shape index (κ3) is 2.68. The van der Waals surface area contributed by atoms with Crippen molar-refractivity contribution in [1.29, 1.82) is 0 Å². The van der Waals surface area contributed by atoms with E-state index in [0.29, 0.717) is 16.6 Å². The highest BCUT2D eigenvalue weighted by Gasteiger charge is 2.43. The lowest BCUT2D eigenvalue weighted by Gasteiger charge is -2.10. The largest absolute Gasteiger partial charge is 0.271 e. The van der Waals surface area contributed by atoms with Gasteiger partial charge in [-0.15, -0.1) is 0 Å². The molecule has 1 heterocycles. The zero-order chi connectivity index (χ0) is 16.0. The van der Waals surface area contributed by atoms with Crippen molar-refractivity contribution in [2.24, 2.45) is 0 Å². The number of hydrogen-bond acceptors (Lipinski definition) is 2. The SMILES string of the molecule is Cc1ccc(-n2c([C@H]3C[C@@H]3c3ccccc3)n[nH]c2=S)c(Br)c1. The fourth-order valence-corrected chi connectivity index (χ4v) is 4.04. The number of rotatable bonds is 3. The third-order valence-electron chi connectivity index (χ3n) is 4.39. The van der Waals surface area contributed by atoms with Crippen LogP contribution in [0.3, 0.4) is 0 Å². The summed E-state index contributed by atoms with van der Waals surface area (Å²) in [6.07, 6.45) is 1.12. The van der Waals surface area contributed by atoms with Crippen molar-refractivity contribution >= 4 is 28.1 Å². The zero-order valence-corrected chi connectivity index (χ0v) is 15.1. The molecule has 2 atom stereocenters. The fraction of sp³-hybridized carbons (Fsp3) is 0.222.